The molecule has 0 fully saturated rings. The lowest BCUT2D eigenvalue weighted by Crippen LogP contribution is -2.09. The first-order valence-electron chi connectivity index (χ1n) is 7.44. The van der Waals surface area contributed by atoms with Crippen LogP contribution in [-0.4, -0.2) is 0 Å². The fourth-order valence-electron chi connectivity index (χ4n) is 2.74. The minimum Gasteiger partial charge on any atom is -0.489 e. The molecule has 0 aliphatic carbocycles. The molecule has 0 heterocycles. The van der Waals surface area contributed by atoms with Crippen LogP contribution in [0.25, 0.3) is 0 Å². The van der Waals surface area contributed by atoms with Crippen molar-refractivity contribution in [2.75, 3.05) is 0 Å². The van der Waals surface area contributed by atoms with Gasteiger partial charge < -0.3 is 10.5 Å². The molecule has 0 saturated heterocycles. The van der Waals surface area contributed by atoms with E-state index in [1.165, 1.54) is 27.8 Å². The molecule has 112 valence electrons. The molecule has 0 unspecified atom stereocenters. The van der Waals surface area contributed by atoms with Gasteiger partial charge in [-0.3, -0.25) is 0 Å². The Kier molecular flexibility index (Phi) is 4.69. The first kappa shape index (κ1) is 15.6. The topological polar surface area (TPSA) is 35.2 Å². The molecule has 1 atom stereocenters. The number of benzene rings is 2. The Morgan fingerprint density at radius 3 is 2.14 bits per heavy atom. The second-order valence-electron chi connectivity index (χ2n) is 6.00. The van der Waals surface area contributed by atoms with Gasteiger partial charge in [-0.1, -0.05) is 35.4 Å². The minimum absolute atomic E-state index is 0.0277. The van der Waals surface area contributed by atoms with Crippen LogP contribution in [-0.2, 0) is 6.61 Å². The molecule has 0 spiro atoms. The van der Waals surface area contributed by atoms with Crippen LogP contribution < -0.4 is 10.5 Å². The van der Waals surface area contributed by atoms with E-state index in [1.54, 1.807) is 0 Å². The minimum atomic E-state index is -0.0277. The van der Waals surface area contributed by atoms with Gasteiger partial charge in [0.2, 0.25) is 0 Å². The summed E-state index contributed by atoms with van der Waals surface area (Å²) < 4.78 is 6.06. The third kappa shape index (κ3) is 3.64. The maximum Gasteiger partial charge on any atom is 0.124 e. The number of hydrogen-bond acceptors (Lipinski definition) is 2. The molecule has 0 bridgehead atoms. The van der Waals surface area contributed by atoms with Gasteiger partial charge in [-0.05, 0) is 57.4 Å². The lowest BCUT2D eigenvalue weighted by molar-refractivity contribution is 0.300. The van der Waals surface area contributed by atoms with Crippen LogP contribution in [0.1, 0.15) is 46.3 Å². The molecule has 2 heteroatoms. The molecule has 0 aromatic heterocycles. The average Bonchev–Trinajstić information content (AvgIpc) is 2.38. The highest BCUT2D eigenvalue weighted by Crippen LogP contribution is 2.27. The van der Waals surface area contributed by atoms with Crippen LogP contribution in [0, 0.1) is 27.7 Å². The summed E-state index contributed by atoms with van der Waals surface area (Å²) in [5.74, 6) is 0.884. The van der Waals surface area contributed by atoms with Crippen molar-refractivity contribution in [3.8, 4) is 5.75 Å². The number of hydrogen-bond donors (Lipinski definition) is 1. The third-order valence-electron chi connectivity index (χ3n) is 3.87. The van der Waals surface area contributed by atoms with E-state index in [-0.39, 0.29) is 6.04 Å². The largest absolute Gasteiger partial charge is 0.489 e. The molecule has 0 saturated carbocycles. The summed E-state index contributed by atoms with van der Waals surface area (Å²) in [6, 6.07) is 10.6. The standard InChI is InChI=1S/C19H25NO/c1-12-6-7-19(17(10-12)16(5)20)21-11-18-14(3)8-13(2)9-15(18)4/h6-10,16H,11,20H2,1-5H3/t16-/m0/s1. The van der Waals surface area contributed by atoms with Crippen molar-refractivity contribution in [2.45, 2.75) is 47.3 Å². The van der Waals surface area contributed by atoms with Gasteiger partial charge in [0.25, 0.3) is 0 Å². The Morgan fingerprint density at radius 2 is 1.57 bits per heavy atom. The van der Waals surface area contributed by atoms with E-state index < -0.39 is 0 Å². The van der Waals surface area contributed by atoms with E-state index in [1.807, 2.05) is 13.0 Å². The van der Waals surface area contributed by atoms with Crippen molar-refractivity contribution in [3.05, 3.63) is 63.7 Å². The van der Waals surface area contributed by atoms with E-state index >= 15 is 0 Å². The Bertz CT molecular complexity index is 621. The fourth-order valence-corrected chi connectivity index (χ4v) is 2.74. The lowest BCUT2D eigenvalue weighted by atomic mass is 10.0. The number of ether oxygens (including phenoxy) is 1. The average molecular weight is 283 g/mol. The van der Waals surface area contributed by atoms with Gasteiger partial charge in [-0.25, -0.2) is 0 Å². The molecule has 2 nitrogen and oxygen atoms in total. The highest BCUT2D eigenvalue weighted by molar-refractivity contribution is 5.40. The van der Waals surface area contributed by atoms with Crippen LogP contribution >= 0.6 is 0 Å². The monoisotopic (exact) mass is 283 g/mol. The molecule has 0 aliphatic rings. The van der Waals surface area contributed by atoms with E-state index in [0.717, 1.165) is 11.3 Å². The molecule has 2 aromatic rings. The third-order valence-corrected chi connectivity index (χ3v) is 3.87. The van der Waals surface area contributed by atoms with E-state index in [9.17, 15) is 0 Å². The maximum absolute atomic E-state index is 6.06. The summed E-state index contributed by atoms with van der Waals surface area (Å²) >= 11 is 0. The summed E-state index contributed by atoms with van der Waals surface area (Å²) in [5.41, 5.74) is 13.4. The summed E-state index contributed by atoms with van der Waals surface area (Å²) in [5, 5.41) is 0. The van der Waals surface area contributed by atoms with Crippen molar-refractivity contribution in [2.24, 2.45) is 5.73 Å². The molecule has 2 aromatic carbocycles. The first-order chi connectivity index (χ1) is 9.88. The molecule has 21 heavy (non-hydrogen) atoms. The Labute approximate surface area is 127 Å². The Hall–Kier alpha value is -1.80. The van der Waals surface area contributed by atoms with Gasteiger partial charge in [-0.15, -0.1) is 0 Å². The SMILES string of the molecule is Cc1cc(C)c(COc2ccc(C)cc2[C@H](C)N)c(C)c1. The second kappa shape index (κ2) is 6.31. The van der Waals surface area contributed by atoms with Crippen LogP contribution in [0.4, 0.5) is 0 Å². The van der Waals surface area contributed by atoms with Crippen molar-refractivity contribution >= 4 is 0 Å². The summed E-state index contributed by atoms with van der Waals surface area (Å²) in [6.45, 7) is 11.0. The zero-order chi connectivity index (χ0) is 15.6. The van der Waals surface area contributed by atoms with Crippen molar-refractivity contribution in [1.82, 2.24) is 0 Å². The fraction of sp³-hybridized carbons (Fsp3) is 0.368. The zero-order valence-corrected chi connectivity index (χ0v) is 13.7. The predicted octanol–water partition coefficient (Wildman–Crippen LogP) is 4.52. The highest BCUT2D eigenvalue weighted by Gasteiger charge is 2.10. The summed E-state index contributed by atoms with van der Waals surface area (Å²) in [7, 11) is 0. The zero-order valence-electron chi connectivity index (χ0n) is 13.7. The number of aryl methyl sites for hydroxylation is 4. The van der Waals surface area contributed by atoms with E-state index in [2.05, 4.69) is 52.0 Å². The summed E-state index contributed by atoms with van der Waals surface area (Å²) in [4.78, 5) is 0. The van der Waals surface area contributed by atoms with Crippen molar-refractivity contribution < 1.29 is 4.74 Å². The van der Waals surface area contributed by atoms with Crippen molar-refractivity contribution in [1.29, 1.82) is 0 Å². The van der Waals surface area contributed by atoms with Gasteiger partial charge >= 0.3 is 0 Å². The van der Waals surface area contributed by atoms with E-state index in [0.29, 0.717) is 6.61 Å². The van der Waals surface area contributed by atoms with E-state index in [4.69, 9.17) is 10.5 Å². The predicted molar refractivity (Wildman–Crippen MR) is 88.8 cm³/mol. The highest BCUT2D eigenvalue weighted by atomic mass is 16.5. The maximum atomic E-state index is 6.06. The van der Waals surface area contributed by atoms with Gasteiger partial charge in [0.15, 0.2) is 0 Å². The number of rotatable bonds is 4. The van der Waals surface area contributed by atoms with Crippen molar-refractivity contribution in [3.63, 3.8) is 0 Å². The molecule has 2 rings (SSSR count). The smallest absolute Gasteiger partial charge is 0.124 e. The molecular weight excluding hydrogens is 258 g/mol. The molecule has 0 aliphatic heterocycles. The lowest BCUT2D eigenvalue weighted by Gasteiger charge is -2.17. The molecule has 2 N–H and O–H groups in total. The van der Waals surface area contributed by atoms with Gasteiger partial charge in [0, 0.05) is 11.6 Å². The van der Waals surface area contributed by atoms with Crippen LogP contribution in [0.5, 0.6) is 5.75 Å². The Balaban J connectivity index is 2.25. The molecule has 0 radical (unpaired) electrons. The summed E-state index contributed by atoms with van der Waals surface area (Å²) in [6.07, 6.45) is 0. The quantitative estimate of drug-likeness (QED) is 0.895. The first-order valence-corrected chi connectivity index (χ1v) is 7.44. The van der Waals surface area contributed by atoms with Gasteiger partial charge in [0.05, 0.1) is 0 Å². The number of nitrogens with two attached hydrogens (primary N) is 1. The normalized spacial score (nSPS) is 12.3. The second-order valence-corrected chi connectivity index (χ2v) is 6.00. The van der Waals surface area contributed by atoms with Gasteiger partial charge in [0.1, 0.15) is 12.4 Å². The Morgan fingerprint density at radius 1 is 0.952 bits per heavy atom. The van der Waals surface area contributed by atoms with Gasteiger partial charge in [-0.2, -0.15) is 0 Å². The molecular formula is C19H25NO. The molecule has 0 amide bonds. The van der Waals surface area contributed by atoms with Crippen LogP contribution in [0.3, 0.4) is 0 Å². The van der Waals surface area contributed by atoms with Crippen LogP contribution in [0.15, 0.2) is 30.3 Å². The van der Waals surface area contributed by atoms with Crippen LogP contribution in [0.2, 0.25) is 0 Å².